The maximum absolute atomic E-state index is 11.9. The lowest BCUT2D eigenvalue weighted by Gasteiger charge is -2.13. The third-order valence-electron chi connectivity index (χ3n) is 3.42. The van der Waals surface area contributed by atoms with Gasteiger partial charge in [0.05, 0.1) is 12.7 Å². The number of aromatic carboxylic acids is 1. The summed E-state index contributed by atoms with van der Waals surface area (Å²) >= 11 is 5.08. The average molecular weight is 374 g/mol. The molecule has 0 bridgehead atoms. The van der Waals surface area contributed by atoms with Gasteiger partial charge in [-0.05, 0) is 61.1 Å². The second-order valence-electron chi connectivity index (χ2n) is 5.30. The molecule has 2 rings (SSSR count). The number of hydrogen-bond donors (Lipinski definition) is 3. The van der Waals surface area contributed by atoms with Crippen molar-refractivity contribution in [3.63, 3.8) is 0 Å². The third-order valence-corrected chi connectivity index (χ3v) is 3.62. The third kappa shape index (κ3) is 5.45. The summed E-state index contributed by atoms with van der Waals surface area (Å²) in [5.74, 6) is -0.280. The van der Waals surface area contributed by atoms with Crippen molar-refractivity contribution in [1.82, 2.24) is 5.32 Å². The predicted octanol–water partition coefficient (Wildman–Crippen LogP) is 2.59. The maximum Gasteiger partial charge on any atom is 0.335 e. The molecule has 8 heteroatoms. The molecule has 0 saturated heterocycles. The molecule has 0 heterocycles. The Morgan fingerprint density at radius 1 is 1.12 bits per heavy atom. The van der Waals surface area contributed by atoms with E-state index in [-0.39, 0.29) is 17.3 Å². The van der Waals surface area contributed by atoms with Crippen LogP contribution in [0.2, 0.25) is 0 Å². The van der Waals surface area contributed by atoms with Crippen LogP contribution in [0, 0.1) is 6.92 Å². The van der Waals surface area contributed by atoms with Crippen molar-refractivity contribution in [1.29, 1.82) is 0 Å². The number of thiocarbonyl (C=S) groups is 1. The summed E-state index contributed by atoms with van der Waals surface area (Å²) in [7, 11) is 1.56. The van der Waals surface area contributed by atoms with Crippen molar-refractivity contribution in [2.24, 2.45) is 0 Å². The van der Waals surface area contributed by atoms with Gasteiger partial charge in [0, 0.05) is 5.69 Å². The number of rotatable bonds is 6. The number of amides is 1. The van der Waals surface area contributed by atoms with Crippen LogP contribution in [0.4, 0.5) is 5.69 Å². The number of methoxy groups -OCH3 is 1. The number of benzene rings is 2. The fraction of sp³-hybridized carbons (Fsp3) is 0.167. The van der Waals surface area contributed by atoms with Gasteiger partial charge in [-0.3, -0.25) is 10.1 Å². The molecule has 0 spiro atoms. The summed E-state index contributed by atoms with van der Waals surface area (Å²) < 4.78 is 10.4. The SMILES string of the molecule is COc1ccc(OCC(=O)NC(=S)Nc2cc(C(=O)O)ccc2C)cc1. The predicted molar refractivity (Wildman–Crippen MR) is 101 cm³/mol. The summed E-state index contributed by atoms with van der Waals surface area (Å²) in [5, 5.41) is 14.4. The monoisotopic (exact) mass is 374 g/mol. The van der Waals surface area contributed by atoms with Gasteiger partial charge < -0.3 is 19.9 Å². The zero-order valence-electron chi connectivity index (χ0n) is 14.2. The first-order valence-corrected chi connectivity index (χ1v) is 8.01. The van der Waals surface area contributed by atoms with Gasteiger partial charge in [-0.1, -0.05) is 6.07 Å². The van der Waals surface area contributed by atoms with Gasteiger partial charge in [-0.2, -0.15) is 0 Å². The summed E-state index contributed by atoms with van der Waals surface area (Å²) in [6.07, 6.45) is 0. The highest BCUT2D eigenvalue weighted by atomic mass is 32.1. The zero-order chi connectivity index (χ0) is 19.1. The van der Waals surface area contributed by atoms with E-state index < -0.39 is 11.9 Å². The number of nitrogens with one attached hydrogen (secondary N) is 2. The van der Waals surface area contributed by atoms with E-state index in [9.17, 15) is 9.59 Å². The molecule has 0 unspecified atom stereocenters. The highest BCUT2D eigenvalue weighted by Gasteiger charge is 2.10. The number of carbonyl (C=O) groups excluding carboxylic acids is 1. The molecule has 0 aliphatic rings. The number of carboxylic acid groups (broad SMARTS) is 1. The fourth-order valence-corrected chi connectivity index (χ4v) is 2.25. The van der Waals surface area contributed by atoms with Crippen LogP contribution in [0.15, 0.2) is 42.5 Å². The van der Waals surface area contributed by atoms with Crippen LogP contribution in [0.1, 0.15) is 15.9 Å². The number of anilines is 1. The smallest absolute Gasteiger partial charge is 0.335 e. The van der Waals surface area contributed by atoms with E-state index in [1.165, 1.54) is 12.1 Å². The van der Waals surface area contributed by atoms with Crippen molar-refractivity contribution >= 4 is 34.9 Å². The zero-order valence-corrected chi connectivity index (χ0v) is 15.1. The maximum atomic E-state index is 11.9. The molecule has 0 aliphatic heterocycles. The van der Waals surface area contributed by atoms with Crippen LogP contribution in [0.25, 0.3) is 0 Å². The Kier molecular flexibility index (Phi) is 6.51. The molecule has 26 heavy (non-hydrogen) atoms. The minimum absolute atomic E-state index is 0.0546. The lowest BCUT2D eigenvalue weighted by Crippen LogP contribution is -2.37. The summed E-state index contributed by atoms with van der Waals surface area (Å²) in [5.41, 5.74) is 1.42. The van der Waals surface area contributed by atoms with Gasteiger partial charge in [0.1, 0.15) is 11.5 Å². The van der Waals surface area contributed by atoms with Crippen LogP contribution >= 0.6 is 12.2 Å². The van der Waals surface area contributed by atoms with Gasteiger partial charge in [-0.15, -0.1) is 0 Å². The second-order valence-corrected chi connectivity index (χ2v) is 5.71. The number of ether oxygens (including phenoxy) is 2. The number of carboxylic acids is 1. The first kappa shape index (κ1) is 19.2. The topological polar surface area (TPSA) is 96.9 Å². The molecule has 2 aromatic carbocycles. The Morgan fingerprint density at radius 2 is 1.77 bits per heavy atom. The summed E-state index contributed by atoms with van der Waals surface area (Å²) in [6.45, 7) is 1.58. The number of aryl methyl sites for hydroxylation is 1. The number of hydrogen-bond acceptors (Lipinski definition) is 5. The molecule has 0 saturated carbocycles. The van der Waals surface area contributed by atoms with E-state index in [0.29, 0.717) is 17.2 Å². The molecule has 3 N–H and O–H groups in total. The van der Waals surface area contributed by atoms with Crippen LogP contribution in [0.3, 0.4) is 0 Å². The fourth-order valence-electron chi connectivity index (χ4n) is 2.03. The van der Waals surface area contributed by atoms with Crippen molar-refractivity contribution in [3.8, 4) is 11.5 Å². The Morgan fingerprint density at radius 3 is 2.38 bits per heavy atom. The van der Waals surface area contributed by atoms with E-state index in [2.05, 4.69) is 10.6 Å². The van der Waals surface area contributed by atoms with Crippen molar-refractivity contribution < 1.29 is 24.2 Å². The Labute approximate surface area is 155 Å². The molecule has 7 nitrogen and oxygen atoms in total. The first-order valence-electron chi connectivity index (χ1n) is 7.60. The van der Waals surface area contributed by atoms with Crippen molar-refractivity contribution in [2.75, 3.05) is 19.0 Å². The molecule has 2 aromatic rings. The van der Waals surface area contributed by atoms with Crippen LogP contribution in [-0.4, -0.2) is 35.8 Å². The molecule has 136 valence electrons. The largest absolute Gasteiger partial charge is 0.497 e. The quantitative estimate of drug-likeness (QED) is 0.669. The van der Waals surface area contributed by atoms with E-state index in [1.807, 2.05) is 0 Å². The van der Waals surface area contributed by atoms with Gasteiger partial charge in [-0.25, -0.2) is 4.79 Å². The van der Waals surface area contributed by atoms with Crippen LogP contribution < -0.4 is 20.1 Å². The lowest BCUT2D eigenvalue weighted by molar-refractivity contribution is -0.121. The minimum atomic E-state index is -1.05. The molecule has 0 radical (unpaired) electrons. The highest BCUT2D eigenvalue weighted by Crippen LogP contribution is 2.18. The van der Waals surface area contributed by atoms with Crippen LogP contribution in [0.5, 0.6) is 11.5 Å². The van der Waals surface area contributed by atoms with Gasteiger partial charge >= 0.3 is 5.97 Å². The Hall–Kier alpha value is -3.13. The molecule has 0 atom stereocenters. The summed E-state index contributed by atoms with van der Waals surface area (Å²) in [4.78, 5) is 23.0. The molecular weight excluding hydrogens is 356 g/mol. The molecular formula is C18H18N2O5S. The molecule has 1 amide bonds. The second kappa shape index (κ2) is 8.82. The van der Waals surface area contributed by atoms with E-state index in [4.69, 9.17) is 26.8 Å². The standard InChI is InChI=1S/C18H18N2O5S/c1-11-3-4-12(17(22)23)9-15(11)19-18(26)20-16(21)10-25-14-7-5-13(24-2)6-8-14/h3-9H,10H2,1-2H3,(H,22,23)(H2,19,20,21,26). The number of carbonyl (C=O) groups is 2. The molecule has 0 aromatic heterocycles. The average Bonchev–Trinajstić information content (AvgIpc) is 2.62. The van der Waals surface area contributed by atoms with E-state index in [1.54, 1.807) is 44.4 Å². The molecule has 0 aliphatic carbocycles. The van der Waals surface area contributed by atoms with E-state index in [0.717, 1.165) is 5.56 Å². The van der Waals surface area contributed by atoms with Gasteiger partial charge in [0.15, 0.2) is 11.7 Å². The van der Waals surface area contributed by atoms with Gasteiger partial charge in [0.2, 0.25) is 0 Å². The summed E-state index contributed by atoms with van der Waals surface area (Å²) in [6, 6.07) is 11.4. The normalized spacial score (nSPS) is 9.92. The lowest BCUT2D eigenvalue weighted by atomic mass is 10.1. The van der Waals surface area contributed by atoms with E-state index >= 15 is 0 Å². The van der Waals surface area contributed by atoms with Crippen molar-refractivity contribution in [3.05, 3.63) is 53.6 Å². The van der Waals surface area contributed by atoms with Crippen molar-refractivity contribution in [2.45, 2.75) is 6.92 Å². The Balaban J connectivity index is 1.87. The first-order chi connectivity index (χ1) is 12.4. The minimum Gasteiger partial charge on any atom is -0.497 e. The van der Waals surface area contributed by atoms with Gasteiger partial charge in [0.25, 0.3) is 5.91 Å². The Bertz CT molecular complexity index is 821. The van der Waals surface area contributed by atoms with Crippen LogP contribution in [-0.2, 0) is 4.79 Å². The highest BCUT2D eigenvalue weighted by molar-refractivity contribution is 7.80. The molecule has 0 fully saturated rings.